The molecule has 0 spiro atoms. The number of aliphatic hydroxyl groups excluding tert-OH is 1. The van der Waals surface area contributed by atoms with E-state index in [0.717, 1.165) is 22.8 Å². The lowest BCUT2D eigenvalue weighted by Gasteiger charge is -2.07. The molecule has 2 rings (SSSR count). The first-order valence-electron chi connectivity index (χ1n) is 6.62. The molecule has 0 amide bonds. The van der Waals surface area contributed by atoms with Crippen LogP contribution in [-0.2, 0) is 6.54 Å². The summed E-state index contributed by atoms with van der Waals surface area (Å²) in [5.74, 6) is 1.06. The number of hydrogen-bond donors (Lipinski definition) is 2. The maximum absolute atomic E-state index is 8.80. The molecule has 2 aromatic heterocycles. The molecule has 104 valence electrons. The SMILES string of the molecule is CC(C)c1nc2c(OCCCO)cccn2c1CN. The third-order valence-corrected chi connectivity index (χ3v) is 3.04. The third kappa shape index (κ3) is 2.72. The van der Waals surface area contributed by atoms with Crippen molar-refractivity contribution in [1.29, 1.82) is 0 Å². The number of rotatable bonds is 6. The van der Waals surface area contributed by atoms with Gasteiger partial charge in [0.1, 0.15) is 0 Å². The van der Waals surface area contributed by atoms with Gasteiger partial charge >= 0.3 is 0 Å². The lowest BCUT2D eigenvalue weighted by Crippen LogP contribution is -2.05. The first kappa shape index (κ1) is 13.8. The van der Waals surface area contributed by atoms with Crippen molar-refractivity contribution in [3.63, 3.8) is 0 Å². The van der Waals surface area contributed by atoms with Crippen LogP contribution in [0.4, 0.5) is 0 Å². The maximum atomic E-state index is 8.80. The summed E-state index contributed by atoms with van der Waals surface area (Å²) in [6.45, 7) is 5.27. The fraction of sp³-hybridized carbons (Fsp3) is 0.500. The normalized spacial score (nSPS) is 11.4. The number of aromatic nitrogens is 2. The Morgan fingerprint density at radius 2 is 2.26 bits per heavy atom. The molecule has 0 aliphatic heterocycles. The second kappa shape index (κ2) is 6.04. The quantitative estimate of drug-likeness (QED) is 0.778. The highest BCUT2D eigenvalue weighted by molar-refractivity contribution is 5.56. The van der Waals surface area contributed by atoms with Gasteiger partial charge in [0.2, 0.25) is 0 Å². The van der Waals surface area contributed by atoms with Crippen LogP contribution in [0.5, 0.6) is 5.75 Å². The number of aliphatic hydroxyl groups is 1. The Morgan fingerprint density at radius 3 is 2.89 bits per heavy atom. The minimum atomic E-state index is 0.128. The zero-order valence-corrected chi connectivity index (χ0v) is 11.5. The summed E-state index contributed by atoms with van der Waals surface area (Å²) < 4.78 is 7.66. The third-order valence-electron chi connectivity index (χ3n) is 3.04. The molecule has 0 bridgehead atoms. The number of nitrogens with zero attached hydrogens (tertiary/aromatic N) is 2. The summed E-state index contributed by atoms with van der Waals surface area (Å²) in [6.07, 6.45) is 2.57. The van der Waals surface area contributed by atoms with Gasteiger partial charge in [0.15, 0.2) is 11.4 Å². The van der Waals surface area contributed by atoms with Gasteiger partial charge in [-0.05, 0) is 18.1 Å². The van der Waals surface area contributed by atoms with Crippen LogP contribution in [0.2, 0.25) is 0 Å². The van der Waals surface area contributed by atoms with E-state index >= 15 is 0 Å². The molecule has 0 aliphatic rings. The first-order valence-corrected chi connectivity index (χ1v) is 6.62. The fourth-order valence-electron chi connectivity index (χ4n) is 2.13. The summed E-state index contributed by atoms with van der Waals surface area (Å²) in [6, 6.07) is 3.82. The maximum Gasteiger partial charge on any atom is 0.180 e. The summed E-state index contributed by atoms with van der Waals surface area (Å²) in [4.78, 5) is 4.66. The van der Waals surface area contributed by atoms with E-state index in [2.05, 4.69) is 18.8 Å². The summed E-state index contributed by atoms with van der Waals surface area (Å²) in [7, 11) is 0. The van der Waals surface area contributed by atoms with Crippen LogP contribution in [0.25, 0.3) is 5.65 Å². The zero-order valence-electron chi connectivity index (χ0n) is 11.5. The summed E-state index contributed by atoms with van der Waals surface area (Å²) >= 11 is 0. The molecule has 2 heterocycles. The smallest absolute Gasteiger partial charge is 0.180 e. The number of imidazole rings is 1. The molecule has 5 nitrogen and oxygen atoms in total. The number of nitrogens with two attached hydrogens (primary N) is 1. The van der Waals surface area contributed by atoms with Gasteiger partial charge in [-0.2, -0.15) is 0 Å². The Morgan fingerprint density at radius 1 is 1.47 bits per heavy atom. The van der Waals surface area contributed by atoms with E-state index in [9.17, 15) is 0 Å². The highest BCUT2D eigenvalue weighted by Gasteiger charge is 2.16. The Kier molecular flexibility index (Phi) is 4.39. The van der Waals surface area contributed by atoms with E-state index in [1.54, 1.807) is 0 Å². The second-order valence-electron chi connectivity index (χ2n) is 4.79. The molecular formula is C14H21N3O2. The standard InChI is InChI=1S/C14H21N3O2/c1-10(2)13-11(9-15)17-6-3-5-12(14(17)16-13)19-8-4-7-18/h3,5-6,10,18H,4,7-9,15H2,1-2H3. The average Bonchev–Trinajstić information content (AvgIpc) is 2.78. The number of ether oxygens (including phenoxy) is 1. The first-order chi connectivity index (χ1) is 9.19. The number of fused-ring (bicyclic) bond motifs is 1. The van der Waals surface area contributed by atoms with Crippen LogP contribution >= 0.6 is 0 Å². The molecule has 0 fully saturated rings. The Bertz CT molecular complexity index is 549. The van der Waals surface area contributed by atoms with Crippen LogP contribution in [0.15, 0.2) is 18.3 Å². The summed E-state index contributed by atoms with van der Waals surface area (Å²) in [5, 5.41) is 8.80. The van der Waals surface area contributed by atoms with Crippen molar-refractivity contribution in [3.05, 3.63) is 29.7 Å². The van der Waals surface area contributed by atoms with Crippen LogP contribution in [0.1, 0.15) is 37.6 Å². The number of hydrogen-bond acceptors (Lipinski definition) is 4. The molecule has 0 saturated heterocycles. The van der Waals surface area contributed by atoms with Crippen LogP contribution in [0.3, 0.4) is 0 Å². The average molecular weight is 263 g/mol. The van der Waals surface area contributed by atoms with Crippen molar-refractivity contribution in [2.24, 2.45) is 5.73 Å². The highest BCUT2D eigenvalue weighted by Crippen LogP contribution is 2.26. The molecule has 0 unspecified atom stereocenters. The van der Waals surface area contributed by atoms with E-state index in [0.29, 0.717) is 25.5 Å². The van der Waals surface area contributed by atoms with Gasteiger partial charge in [0.25, 0.3) is 0 Å². The Labute approximate surface area is 113 Å². The summed E-state index contributed by atoms with van der Waals surface area (Å²) in [5.41, 5.74) is 8.67. The van der Waals surface area contributed by atoms with Gasteiger partial charge in [0, 0.05) is 25.8 Å². The van der Waals surface area contributed by atoms with Crippen molar-refractivity contribution in [2.45, 2.75) is 32.7 Å². The van der Waals surface area contributed by atoms with E-state index in [4.69, 9.17) is 15.6 Å². The Hall–Kier alpha value is -1.59. The minimum Gasteiger partial charge on any atom is -0.490 e. The van der Waals surface area contributed by atoms with E-state index in [-0.39, 0.29) is 6.61 Å². The monoisotopic (exact) mass is 263 g/mol. The Balaban J connectivity index is 2.44. The topological polar surface area (TPSA) is 72.8 Å². The molecular weight excluding hydrogens is 242 g/mol. The molecule has 19 heavy (non-hydrogen) atoms. The van der Waals surface area contributed by atoms with Crippen molar-refractivity contribution >= 4 is 5.65 Å². The second-order valence-corrected chi connectivity index (χ2v) is 4.79. The lowest BCUT2D eigenvalue weighted by atomic mass is 10.1. The van der Waals surface area contributed by atoms with Gasteiger partial charge < -0.3 is 15.6 Å². The van der Waals surface area contributed by atoms with E-state index in [1.807, 2.05) is 22.7 Å². The van der Waals surface area contributed by atoms with Crippen molar-refractivity contribution < 1.29 is 9.84 Å². The molecule has 0 aromatic carbocycles. The van der Waals surface area contributed by atoms with Crippen LogP contribution in [0, 0.1) is 0 Å². The fourth-order valence-corrected chi connectivity index (χ4v) is 2.13. The van der Waals surface area contributed by atoms with Gasteiger partial charge in [0.05, 0.1) is 18.0 Å². The van der Waals surface area contributed by atoms with E-state index < -0.39 is 0 Å². The van der Waals surface area contributed by atoms with Crippen molar-refractivity contribution in [3.8, 4) is 5.75 Å². The zero-order chi connectivity index (χ0) is 13.8. The van der Waals surface area contributed by atoms with Crippen LogP contribution < -0.4 is 10.5 Å². The molecule has 2 aromatic rings. The van der Waals surface area contributed by atoms with Gasteiger partial charge in [-0.1, -0.05) is 13.8 Å². The molecule has 0 saturated carbocycles. The molecule has 0 atom stereocenters. The predicted molar refractivity (Wildman–Crippen MR) is 74.4 cm³/mol. The van der Waals surface area contributed by atoms with Gasteiger partial charge in [-0.3, -0.25) is 4.40 Å². The highest BCUT2D eigenvalue weighted by atomic mass is 16.5. The van der Waals surface area contributed by atoms with Gasteiger partial charge in [-0.15, -0.1) is 0 Å². The largest absolute Gasteiger partial charge is 0.490 e. The number of pyridine rings is 1. The molecule has 0 aliphatic carbocycles. The molecule has 3 N–H and O–H groups in total. The lowest BCUT2D eigenvalue weighted by molar-refractivity contribution is 0.234. The molecule has 5 heteroatoms. The predicted octanol–water partition coefficient (Wildman–Crippen LogP) is 1.68. The molecule has 0 radical (unpaired) electrons. The van der Waals surface area contributed by atoms with Crippen molar-refractivity contribution in [2.75, 3.05) is 13.2 Å². The van der Waals surface area contributed by atoms with Gasteiger partial charge in [-0.25, -0.2) is 4.98 Å². The van der Waals surface area contributed by atoms with E-state index in [1.165, 1.54) is 0 Å². The van der Waals surface area contributed by atoms with Crippen LogP contribution in [-0.4, -0.2) is 27.7 Å². The minimum absolute atomic E-state index is 0.128. The van der Waals surface area contributed by atoms with Crippen molar-refractivity contribution in [1.82, 2.24) is 9.38 Å².